The summed E-state index contributed by atoms with van der Waals surface area (Å²) in [5, 5.41) is 0. The van der Waals surface area contributed by atoms with Gasteiger partial charge in [-0.3, -0.25) is 14.5 Å². The zero-order chi connectivity index (χ0) is 10.8. The smallest absolute Gasteiger partial charge is 0.254 e. The maximum absolute atomic E-state index is 11.5. The van der Waals surface area contributed by atoms with Crippen molar-refractivity contribution in [3.63, 3.8) is 0 Å². The highest BCUT2D eigenvalue weighted by Crippen LogP contribution is 2.26. The van der Waals surface area contributed by atoms with E-state index in [1.165, 1.54) is 17.1 Å². The second-order valence-electron chi connectivity index (χ2n) is 3.48. The molecule has 0 fully saturated rings. The van der Waals surface area contributed by atoms with E-state index >= 15 is 0 Å². The minimum absolute atomic E-state index is 0.246. The number of nitrogens with two attached hydrogens (primary N) is 1. The van der Waals surface area contributed by atoms with Crippen LogP contribution in [-0.4, -0.2) is 28.8 Å². The van der Waals surface area contributed by atoms with Gasteiger partial charge in [0.15, 0.2) is 0 Å². The first kappa shape index (κ1) is 10.9. The SMILES string of the molecule is CCC(CC)(CN)N1C(=O)C=CC1=O. The predicted octanol–water partition coefficient (Wildman–Crippen LogP) is 0.429. The molecule has 2 amide bonds. The van der Waals surface area contributed by atoms with Gasteiger partial charge in [0.05, 0.1) is 5.54 Å². The maximum atomic E-state index is 11.5. The lowest BCUT2D eigenvalue weighted by molar-refractivity contribution is -0.144. The van der Waals surface area contributed by atoms with E-state index in [0.717, 1.165) is 0 Å². The van der Waals surface area contributed by atoms with E-state index in [4.69, 9.17) is 5.73 Å². The summed E-state index contributed by atoms with van der Waals surface area (Å²) in [6, 6.07) is 0. The normalized spacial score (nSPS) is 16.9. The molecule has 0 aromatic carbocycles. The van der Waals surface area contributed by atoms with Crippen molar-refractivity contribution in [1.29, 1.82) is 0 Å². The molecule has 4 heteroatoms. The molecule has 4 nitrogen and oxygen atoms in total. The first-order valence-corrected chi connectivity index (χ1v) is 4.87. The number of rotatable bonds is 4. The van der Waals surface area contributed by atoms with Crippen molar-refractivity contribution in [2.24, 2.45) is 5.73 Å². The fourth-order valence-corrected chi connectivity index (χ4v) is 1.81. The lowest BCUT2D eigenvalue weighted by atomic mass is 9.91. The summed E-state index contributed by atoms with van der Waals surface area (Å²) in [5.41, 5.74) is 5.16. The summed E-state index contributed by atoms with van der Waals surface area (Å²) in [5.74, 6) is -0.492. The zero-order valence-corrected chi connectivity index (χ0v) is 8.62. The van der Waals surface area contributed by atoms with Crippen molar-refractivity contribution in [2.45, 2.75) is 32.2 Å². The van der Waals surface area contributed by atoms with Crippen LogP contribution in [-0.2, 0) is 9.59 Å². The Morgan fingerprint density at radius 2 is 1.64 bits per heavy atom. The van der Waals surface area contributed by atoms with Gasteiger partial charge in [-0.05, 0) is 12.8 Å². The van der Waals surface area contributed by atoms with Crippen molar-refractivity contribution in [2.75, 3.05) is 6.54 Å². The van der Waals surface area contributed by atoms with Gasteiger partial charge in [0.1, 0.15) is 0 Å². The summed E-state index contributed by atoms with van der Waals surface area (Å²) in [6.45, 7) is 4.20. The third-order valence-corrected chi connectivity index (χ3v) is 2.98. The summed E-state index contributed by atoms with van der Waals surface area (Å²) >= 11 is 0. The molecule has 0 aromatic heterocycles. The summed E-state index contributed by atoms with van der Waals surface area (Å²) in [6.07, 6.45) is 3.99. The first-order valence-electron chi connectivity index (χ1n) is 4.87. The Morgan fingerprint density at radius 3 is 1.93 bits per heavy atom. The molecule has 1 aliphatic heterocycles. The van der Waals surface area contributed by atoms with E-state index < -0.39 is 5.54 Å². The van der Waals surface area contributed by atoms with Crippen molar-refractivity contribution in [1.82, 2.24) is 4.90 Å². The van der Waals surface area contributed by atoms with Gasteiger partial charge in [0.25, 0.3) is 11.8 Å². The fourth-order valence-electron chi connectivity index (χ4n) is 1.81. The van der Waals surface area contributed by atoms with Crippen LogP contribution < -0.4 is 5.73 Å². The molecule has 78 valence electrons. The third-order valence-electron chi connectivity index (χ3n) is 2.98. The van der Waals surface area contributed by atoms with Crippen LogP contribution in [0.15, 0.2) is 12.2 Å². The van der Waals surface area contributed by atoms with E-state index in [2.05, 4.69) is 0 Å². The van der Waals surface area contributed by atoms with Crippen LogP contribution in [0.3, 0.4) is 0 Å². The van der Waals surface area contributed by atoms with Gasteiger partial charge in [-0.15, -0.1) is 0 Å². The van der Waals surface area contributed by atoms with E-state index in [1.54, 1.807) is 0 Å². The Hall–Kier alpha value is -1.16. The van der Waals surface area contributed by atoms with Crippen molar-refractivity contribution in [3.05, 3.63) is 12.2 Å². The Labute approximate surface area is 83.8 Å². The maximum Gasteiger partial charge on any atom is 0.254 e. The number of imide groups is 1. The molecule has 0 unspecified atom stereocenters. The number of amides is 2. The van der Waals surface area contributed by atoms with Crippen molar-refractivity contribution >= 4 is 11.8 Å². The molecule has 1 aliphatic rings. The average molecular weight is 196 g/mol. The van der Waals surface area contributed by atoms with Crippen LogP contribution in [0.1, 0.15) is 26.7 Å². The molecule has 0 radical (unpaired) electrons. The van der Waals surface area contributed by atoms with Crippen LogP contribution in [0, 0.1) is 0 Å². The number of carbonyl (C=O) groups excluding carboxylic acids is 2. The van der Waals surface area contributed by atoms with Gasteiger partial charge in [0.2, 0.25) is 0 Å². The van der Waals surface area contributed by atoms with Crippen LogP contribution in [0.2, 0.25) is 0 Å². The van der Waals surface area contributed by atoms with E-state index in [-0.39, 0.29) is 11.8 Å². The zero-order valence-electron chi connectivity index (χ0n) is 8.62. The van der Waals surface area contributed by atoms with Gasteiger partial charge in [-0.25, -0.2) is 0 Å². The molecule has 0 saturated heterocycles. The minimum atomic E-state index is -0.502. The highest BCUT2D eigenvalue weighted by Gasteiger charge is 2.40. The highest BCUT2D eigenvalue weighted by molar-refractivity contribution is 6.13. The molecule has 0 aromatic rings. The van der Waals surface area contributed by atoms with Crippen LogP contribution in [0.5, 0.6) is 0 Å². The largest absolute Gasteiger partial charge is 0.328 e. The molecule has 0 saturated carbocycles. The molecular weight excluding hydrogens is 180 g/mol. The quantitative estimate of drug-likeness (QED) is 0.663. The molecule has 0 aliphatic carbocycles. The Bertz CT molecular complexity index is 254. The fraction of sp³-hybridized carbons (Fsp3) is 0.600. The van der Waals surface area contributed by atoms with Gasteiger partial charge in [0, 0.05) is 18.7 Å². The number of hydrogen-bond acceptors (Lipinski definition) is 3. The Kier molecular flexibility index (Phi) is 3.06. The monoisotopic (exact) mass is 196 g/mol. The van der Waals surface area contributed by atoms with Gasteiger partial charge >= 0.3 is 0 Å². The Morgan fingerprint density at radius 1 is 1.21 bits per heavy atom. The molecule has 2 N–H and O–H groups in total. The minimum Gasteiger partial charge on any atom is -0.328 e. The second kappa shape index (κ2) is 3.92. The Balaban J connectivity index is 3.00. The van der Waals surface area contributed by atoms with E-state index in [1.807, 2.05) is 13.8 Å². The van der Waals surface area contributed by atoms with Crippen molar-refractivity contribution < 1.29 is 9.59 Å². The number of carbonyl (C=O) groups is 2. The standard InChI is InChI=1S/C10H16N2O2/c1-3-10(4-2,7-11)12-8(13)5-6-9(12)14/h5-6H,3-4,7,11H2,1-2H3. The van der Waals surface area contributed by atoms with Gasteiger partial charge < -0.3 is 5.73 Å². The topological polar surface area (TPSA) is 63.4 Å². The first-order chi connectivity index (χ1) is 6.61. The van der Waals surface area contributed by atoms with Gasteiger partial charge in [-0.2, -0.15) is 0 Å². The van der Waals surface area contributed by atoms with Crippen molar-refractivity contribution in [3.8, 4) is 0 Å². The summed E-state index contributed by atoms with van der Waals surface area (Å²) in [4.78, 5) is 24.2. The average Bonchev–Trinajstić information content (AvgIpc) is 2.53. The number of nitrogens with zero attached hydrogens (tertiary/aromatic N) is 1. The molecule has 1 heterocycles. The lowest BCUT2D eigenvalue weighted by Crippen LogP contribution is -2.55. The summed E-state index contributed by atoms with van der Waals surface area (Å²) < 4.78 is 0. The molecule has 1 rings (SSSR count). The highest BCUT2D eigenvalue weighted by atomic mass is 16.2. The van der Waals surface area contributed by atoms with E-state index in [9.17, 15) is 9.59 Å². The molecule has 0 bridgehead atoms. The van der Waals surface area contributed by atoms with Crippen LogP contribution >= 0.6 is 0 Å². The second-order valence-corrected chi connectivity index (χ2v) is 3.48. The lowest BCUT2D eigenvalue weighted by Gasteiger charge is -2.38. The molecule has 0 atom stereocenters. The molecule has 14 heavy (non-hydrogen) atoms. The van der Waals surface area contributed by atoms with Crippen LogP contribution in [0.4, 0.5) is 0 Å². The molecule has 0 spiro atoms. The van der Waals surface area contributed by atoms with E-state index in [0.29, 0.717) is 19.4 Å². The number of hydrogen-bond donors (Lipinski definition) is 1. The van der Waals surface area contributed by atoms with Gasteiger partial charge in [-0.1, -0.05) is 13.8 Å². The summed E-state index contributed by atoms with van der Waals surface area (Å²) in [7, 11) is 0. The third kappa shape index (κ3) is 1.46. The van der Waals surface area contributed by atoms with Crippen LogP contribution in [0.25, 0.3) is 0 Å². The molecular formula is C10H16N2O2. The predicted molar refractivity (Wildman–Crippen MR) is 53.4 cm³/mol.